The molecule has 0 saturated heterocycles. The summed E-state index contributed by atoms with van der Waals surface area (Å²) in [6, 6.07) is 19.2. The van der Waals surface area contributed by atoms with Crippen LogP contribution in [0.2, 0.25) is 0 Å². The summed E-state index contributed by atoms with van der Waals surface area (Å²) in [5.41, 5.74) is 3.43. The van der Waals surface area contributed by atoms with Crippen molar-refractivity contribution in [3.05, 3.63) is 107 Å². The number of amides is 1. The molecule has 4 rings (SSSR count). The molecule has 39 heavy (non-hydrogen) atoms. The van der Waals surface area contributed by atoms with Crippen molar-refractivity contribution in [2.45, 2.75) is 20.0 Å². The molecule has 0 radical (unpaired) electrons. The first kappa shape index (κ1) is 27.7. The second-order valence-electron chi connectivity index (χ2n) is 8.99. The molecule has 0 bridgehead atoms. The first-order valence-corrected chi connectivity index (χ1v) is 12.7. The van der Waals surface area contributed by atoms with Gasteiger partial charge in [-0.2, -0.15) is 0 Å². The maximum Gasteiger partial charge on any atom is 0.341 e. The normalized spacial score (nSPS) is 10.9. The van der Waals surface area contributed by atoms with Crippen LogP contribution in [0.5, 0.6) is 5.75 Å². The van der Waals surface area contributed by atoms with Crippen molar-refractivity contribution in [2.75, 3.05) is 33.9 Å². The van der Waals surface area contributed by atoms with Gasteiger partial charge in [-0.1, -0.05) is 42.5 Å². The molecule has 0 aliphatic heterocycles. The smallest absolute Gasteiger partial charge is 0.341 e. The Hall–Kier alpha value is -4.30. The fraction of sp³-hybridized carbons (Fsp3) is 0.258. The molecule has 0 fully saturated rings. The minimum absolute atomic E-state index is 0.117. The summed E-state index contributed by atoms with van der Waals surface area (Å²) in [5, 5.41) is 0.547. The van der Waals surface area contributed by atoms with Crippen molar-refractivity contribution < 1.29 is 28.2 Å². The zero-order chi connectivity index (χ0) is 27.8. The van der Waals surface area contributed by atoms with Crippen LogP contribution in [0.25, 0.3) is 10.9 Å². The van der Waals surface area contributed by atoms with Gasteiger partial charge < -0.3 is 19.1 Å². The van der Waals surface area contributed by atoms with E-state index in [0.717, 1.165) is 16.7 Å². The molecule has 0 aliphatic carbocycles. The third kappa shape index (κ3) is 6.59. The molecular weight excluding hydrogens is 499 g/mol. The van der Waals surface area contributed by atoms with Crippen LogP contribution in [0.1, 0.15) is 44.3 Å². The summed E-state index contributed by atoms with van der Waals surface area (Å²) >= 11 is 0. The average molecular weight is 531 g/mol. The number of halogens is 1. The number of nitrogens with zero attached hydrogens (tertiary/aromatic N) is 2. The van der Waals surface area contributed by atoms with Crippen LogP contribution in [0.4, 0.5) is 4.39 Å². The Morgan fingerprint density at radius 2 is 1.67 bits per heavy atom. The molecule has 0 saturated carbocycles. The fourth-order valence-corrected chi connectivity index (χ4v) is 4.33. The van der Waals surface area contributed by atoms with Crippen LogP contribution < -0.4 is 4.74 Å². The lowest BCUT2D eigenvalue weighted by atomic mass is 9.98. The summed E-state index contributed by atoms with van der Waals surface area (Å²) in [5.74, 6) is -0.966. The van der Waals surface area contributed by atoms with E-state index < -0.39 is 5.97 Å². The highest BCUT2D eigenvalue weighted by atomic mass is 19.1. The summed E-state index contributed by atoms with van der Waals surface area (Å²) in [7, 11) is 2.86. The minimum Gasteiger partial charge on any atom is -0.486 e. The fourth-order valence-electron chi connectivity index (χ4n) is 4.33. The lowest BCUT2D eigenvalue weighted by molar-refractivity contribution is 0.0596. The van der Waals surface area contributed by atoms with E-state index in [1.54, 1.807) is 30.3 Å². The molecular formula is C31H31FN2O5. The summed E-state index contributed by atoms with van der Waals surface area (Å²) in [4.78, 5) is 33.0. The minimum atomic E-state index is -0.633. The van der Waals surface area contributed by atoms with E-state index in [4.69, 9.17) is 14.2 Å². The molecule has 0 aliphatic rings. The van der Waals surface area contributed by atoms with Crippen molar-refractivity contribution in [1.29, 1.82) is 0 Å². The third-order valence-electron chi connectivity index (χ3n) is 6.40. The number of hydrogen-bond acceptors (Lipinski definition) is 6. The van der Waals surface area contributed by atoms with Crippen molar-refractivity contribution in [1.82, 2.24) is 9.88 Å². The third-order valence-corrected chi connectivity index (χ3v) is 6.40. The van der Waals surface area contributed by atoms with E-state index in [9.17, 15) is 14.0 Å². The first-order chi connectivity index (χ1) is 18.9. The highest BCUT2D eigenvalue weighted by Gasteiger charge is 2.26. The van der Waals surface area contributed by atoms with Crippen LogP contribution >= 0.6 is 0 Å². The van der Waals surface area contributed by atoms with E-state index in [2.05, 4.69) is 4.98 Å². The Kier molecular flexibility index (Phi) is 9.22. The van der Waals surface area contributed by atoms with Gasteiger partial charge in [0.2, 0.25) is 0 Å². The van der Waals surface area contributed by atoms with Crippen molar-refractivity contribution in [3.63, 3.8) is 0 Å². The lowest BCUT2D eigenvalue weighted by Crippen LogP contribution is -2.34. The molecule has 0 spiro atoms. The highest BCUT2D eigenvalue weighted by Crippen LogP contribution is 2.34. The number of hydrogen-bond donors (Lipinski definition) is 0. The van der Waals surface area contributed by atoms with Gasteiger partial charge in [0, 0.05) is 31.8 Å². The van der Waals surface area contributed by atoms with Gasteiger partial charge in [-0.25, -0.2) is 9.18 Å². The molecule has 0 unspecified atom stereocenters. The number of aromatic nitrogens is 1. The predicted molar refractivity (Wildman–Crippen MR) is 147 cm³/mol. The molecule has 8 heteroatoms. The van der Waals surface area contributed by atoms with Crippen LogP contribution in [0.3, 0.4) is 0 Å². The quantitative estimate of drug-likeness (QED) is 0.240. The average Bonchev–Trinajstić information content (AvgIpc) is 2.97. The van der Waals surface area contributed by atoms with E-state index in [0.29, 0.717) is 42.6 Å². The van der Waals surface area contributed by atoms with Crippen LogP contribution in [0.15, 0.2) is 72.9 Å². The topological polar surface area (TPSA) is 78.0 Å². The number of pyridine rings is 1. The standard InChI is InChI=1S/C31H31FN2O5/c1-4-34(14-15-37-2)30(35)26-18-27(31(36)38-3)29(39-20-22-8-6-5-7-9-22)28-25(26)17-23(19-33-28)16-21-10-12-24(32)13-11-21/h5-13,17-19H,4,14-16,20H2,1-3H3. The number of esters is 1. The van der Waals surface area contributed by atoms with Crippen LogP contribution in [0, 0.1) is 5.82 Å². The highest BCUT2D eigenvalue weighted by molar-refractivity contribution is 6.11. The number of likely N-dealkylation sites (N-methyl/N-ethyl adjacent to an activating group) is 1. The van der Waals surface area contributed by atoms with Crippen molar-refractivity contribution in [2.24, 2.45) is 0 Å². The van der Waals surface area contributed by atoms with Crippen molar-refractivity contribution >= 4 is 22.8 Å². The van der Waals surface area contributed by atoms with Gasteiger partial charge in [0.15, 0.2) is 5.75 Å². The Balaban J connectivity index is 1.86. The number of ether oxygens (including phenoxy) is 3. The molecule has 0 N–H and O–H groups in total. The SMILES string of the molecule is CCN(CCOC)C(=O)c1cc(C(=O)OC)c(OCc2ccccc2)c2ncc(Cc3ccc(F)cc3)cc12. The number of fused-ring (bicyclic) bond motifs is 1. The number of methoxy groups -OCH3 is 2. The zero-order valence-electron chi connectivity index (χ0n) is 22.3. The molecule has 0 atom stereocenters. The molecule has 1 heterocycles. The number of rotatable bonds is 11. The summed E-state index contributed by atoms with van der Waals surface area (Å²) in [6.45, 7) is 3.28. The maximum absolute atomic E-state index is 13.8. The zero-order valence-corrected chi connectivity index (χ0v) is 22.3. The van der Waals surface area contributed by atoms with Gasteiger partial charge in [0.1, 0.15) is 23.5 Å². The Morgan fingerprint density at radius 1 is 0.923 bits per heavy atom. The van der Waals surface area contributed by atoms with Gasteiger partial charge >= 0.3 is 5.97 Å². The van der Waals surface area contributed by atoms with E-state index in [-0.39, 0.29) is 29.6 Å². The van der Waals surface area contributed by atoms with Gasteiger partial charge in [-0.3, -0.25) is 9.78 Å². The predicted octanol–water partition coefficient (Wildman–Crippen LogP) is 5.44. The Labute approximate surface area is 227 Å². The van der Waals surface area contributed by atoms with E-state index >= 15 is 0 Å². The summed E-state index contributed by atoms with van der Waals surface area (Å²) in [6.07, 6.45) is 2.16. The monoisotopic (exact) mass is 530 g/mol. The second kappa shape index (κ2) is 13.0. The number of benzene rings is 3. The first-order valence-electron chi connectivity index (χ1n) is 12.7. The molecule has 1 aromatic heterocycles. The number of carbonyl (C=O) groups is 2. The van der Waals surface area contributed by atoms with Gasteiger partial charge in [-0.15, -0.1) is 0 Å². The number of carbonyl (C=O) groups excluding carboxylic acids is 2. The molecule has 3 aromatic carbocycles. The molecule has 4 aromatic rings. The Bertz CT molecular complexity index is 1440. The largest absolute Gasteiger partial charge is 0.486 e. The molecule has 7 nitrogen and oxygen atoms in total. The second-order valence-corrected chi connectivity index (χ2v) is 8.99. The van der Waals surface area contributed by atoms with E-state index in [1.165, 1.54) is 25.3 Å². The van der Waals surface area contributed by atoms with E-state index in [1.807, 2.05) is 43.3 Å². The van der Waals surface area contributed by atoms with Crippen LogP contribution in [-0.2, 0) is 22.5 Å². The van der Waals surface area contributed by atoms with Crippen molar-refractivity contribution in [3.8, 4) is 5.75 Å². The van der Waals surface area contributed by atoms with Gasteiger partial charge in [-0.05, 0) is 54.3 Å². The Morgan fingerprint density at radius 3 is 2.33 bits per heavy atom. The van der Waals surface area contributed by atoms with Crippen LogP contribution in [-0.4, -0.2) is 55.7 Å². The van der Waals surface area contributed by atoms with Gasteiger partial charge in [0.25, 0.3) is 5.91 Å². The summed E-state index contributed by atoms with van der Waals surface area (Å²) < 4.78 is 29.8. The maximum atomic E-state index is 13.8. The lowest BCUT2D eigenvalue weighted by Gasteiger charge is -2.23. The molecule has 202 valence electrons. The van der Waals surface area contributed by atoms with Gasteiger partial charge in [0.05, 0.1) is 19.3 Å². The molecule has 1 amide bonds.